The van der Waals surface area contributed by atoms with Crippen LogP contribution in [0.15, 0.2) is 72.0 Å². The highest BCUT2D eigenvalue weighted by Crippen LogP contribution is 2.49. The highest BCUT2D eigenvalue weighted by Gasteiger charge is 2.47. The van der Waals surface area contributed by atoms with Crippen molar-refractivity contribution in [1.82, 2.24) is 0 Å². The Morgan fingerprint density at radius 2 is 1.66 bits per heavy atom. The number of hydrogen-bond acceptors (Lipinski definition) is 4. The maximum Gasteiger partial charge on any atom is 0.209 e. The van der Waals surface area contributed by atoms with Crippen LogP contribution in [0.1, 0.15) is 65.0 Å². The van der Waals surface area contributed by atoms with Gasteiger partial charge in [-0.05, 0) is 50.8 Å². The Bertz CT molecular complexity index is 1350. The molecule has 5 heteroatoms. The van der Waals surface area contributed by atoms with Crippen LogP contribution in [0, 0.1) is 5.92 Å². The van der Waals surface area contributed by atoms with Gasteiger partial charge in [-0.2, -0.15) is 4.58 Å². The molecule has 200 valence electrons. The maximum atomic E-state index is 13.6. The van der Waals surface area contributed by atoms with E-state index in [1.807, 2.05) is 24.3 Å². The quantitative estimate of drug-likeness (QED) is 0.314. The molecule has 5 rings (SSSR count). The highest BCUT2D eigenvalue weighted by atomic mass is 16.3. The summed E-state index contributed by atoms with van der Waals surface area (Å²) in [5.41, 5.74) is 6.63. The Hall–Kier alpha value is -3.02. The molecule has 2 heterocycles. The molecule has 3 aliphatic rings. The topological polar surface area (TPSA) is 66.6 Å². The lowest BCUT2D eigenvalue weighted by molar-refractivity contribution is -0.438. The molecule has 0 saturated heterocycles. The Morgan fingerprint density at radius 3 is 2.34 bits per heavy atom. The van der Waals surface area contributed by atoms with Crippen molar-refractivity contribution in [2.75, 3.05) is 24.6 Å². The molecule has 1 saturated carbocycles. The number of benzene rings is 2. The van der Waals surface area contributed by atoms with E-state index in [4.69, 9.17) is 0 Å². The van der Waals surface area contributed by atoms with Crippen LogP contribution < -0.4 is 10.0 Å². The van der Waals surface area contributed by atoms with Gasteiger partial charge in [0.25, 0.3) is 0 Å². The van der Waals surface area contributed by atoms with Gasteiger partial charge in [0.2, 0.25) is 5.69 Å². The van der Waals surface area contributed by atoms with Gasteiger partial charge >= 0.3 is 0 Å². The van der Waals surface area contributed by atoms with Gasteiger partial charge in [-0.1, -0.05) is 62.4 Å². The van der Waals surface area contributed by atoms with E-state index < -0.39 is 12.0 Å². The van der Waals surface area contributed by atoms with E-state index in [0.717, 1.165) is 55.1 Å². The molecule has 2 unspecified atom stereocenters. The fourth-order valence-corrected chi connectivity index (χ4v) is 6.58. The van der Waals surface area contributed by atoms with Crippen molar-refractivity contribution in [3.05, 3.63) is 83.1 Å². The summed E-state index contributed by atoms with van der Waals surface area (Å²) in [6.07, 6.45) is 5.42. The molecule has 0 spiro atoms. The van der Waals surface area contributed by atoms with Crippen molar-refractivity contribution in [2.45, 2.75) is 70.8 Å². The van der Waals surface area contributed by atoms with Crippen LogP contribution in [0.25, 0.3) is 0 Å². The molecule has 0 amide bonds. The largest absolute Gasteiger partial charge is 0.848 e. The second-order valence-electron chi connectivity index (χ2n) is 11.8. The average Bonchev–Trinajstić information content (AvgIpc) is 3.26. The number of unbranched alkanes of at least 4 members (excludes halogenated alkanes) is 2. The molecule has 0 radical (unpaired) electrons. The minimum atomic E-state index is -1.07. The lowest BCUT2D eigenvalue weighted by atomic mass is 9.71. The van der Waals surface area contributed by atoms with E-state index in [-0.39, 0.29) is 23.2 Å². The van der Waals surface area contributed by atoms with Crippen LogP contribution >= 0.6 is 0 Å². The molecule has 2 aromatic carbocycles. The van der Waals surface area contributed by atoms with Gasteiger partial charge < -0.3 is 15.1 Å². The molecular formula is C33H40N2O3. The van der Waals surface area contributed by atoms with E-state index in [9.17, 15) is 15.0 Å². The van der Waals surface area contributed by atoms with Crippen molar-refractivity contribution in [3.8, 4) is 0 Å². The standard InChI is InChI=1S/C33H40N2O3/c1-6-34-26-16-10-8-14-24(26)32(2,3)28(34)20-22-30(37)23(31(22)38)21-29-33(4,5)25-15-9-11-17-27(25)35(29)18-12-7-13-19-36/h8-11,14-17,20-22,30,36H,6-7,12-13,18-19H2,1-5H3. The minimum Gasteiger partial charge on any atom is -0.848 e. The van der Waals surface area contributed by atoms with E-state index in [0.29, 0.717) is 5.57 Å². The first-order valence-electron chi connectivity index (χ1n) is 14.0. The Morgan fingerprint density at radius 1 is 0.974 bits per heavy atom. The number of rotatable bonds is 8. The number of allylic oxidation sites excluding steroid dienone is 2. The van der Waals surface area contributed by atoms with E-state index in [2.05, 4.69) is 80.5 Å². The second kappa shape index (κ2) is 9.94. The van der Waals surface area contributed by atoms with Crippen LogP contribution in [0.5, 0.6) is 0 Å². The fourth-order valence-electron chi connectivity index (χ4n) is 6.58. The van der Waals surface area contributed by atoms with Crippen molar-refractivity contribution >= 4 is 22.9 Å². The summed E-state index contributed by atoms with van der Waals surface area (Å²) in [7, 11) is 0. The van der Waals surface area contributed by atoms with Crippen molar-refractivity contribution in [1.29, 1.82) is 0 Å². The number of carbonyl (C=O) groups is 1. The summed E-state index contributed by atoms with van der Waals surface area (Å²) in [6, 6.07) is 16.7. The normalized spacial score (nSPS) is 25.2. The van der Waals surface area contributed by atoms with Crippen LogP contribution in [0.4, 0.5) is 11.4 Å². The molecule has 5 nitrogen and oxygen atoms in total. The van der Waals surface area contributed by atoms with Gasteiger partial charge in [-0.25, -0.2) is 0 Å². The minimum absolute atomic E-state index is 0.0557. The molecule has 0 bridgehead atoms. The molecular weight excluding hydrogens is 472 g/mol. The molecule has 1 aliphatic carbocycles. The molecule has 2 aliphatic heterocycles. The summed E-state index contributed by atoms with van der Waals surface area (Å²) in [6.45, 7) is 12.6. The number of carbonyl (C=O) groups excluding carboxylic acids is 1. The van der Waals surface area contributed by atoms with Gasteiger partial charge in [0.1, 0.15) is 6.54 Å². The number of ketones is 1. The Kier molecular flexibility index (Phi) is 6.95. The van der Waals surface area contributed by atoms with Crippen molar-refractivity contribution in [2.24, 2.45) is 5.92 Å². The highest BCUT2D eigenvalue weighted by molar-refractivity contribution is 6.14. The summed E-state index contributed by atoms with van der Waals surface area (Å²) in [4.78, 5) is 15.8. The second-order valence-corrected chi connectivity index (χ2v) is 11.8. The first kappa shape index (κ1) is 26.6. The average molecular weight is 513 g/mol. The number of aliphatic hydroxyl groups is 1. The smallest absolute Gasteiger partial charge is 0.209 e. The molecule has 1 fully saturated rings. The van der Waals surface area contributed by atoms with Gasteiger partial charge in [0.05, 0.1) is 5.41 Å². The van der Waals surface area contributed by atoms with Crippen LogP contribution in [0.2, 0.25) is 0 Å². The van der Waals surface area contributed by atoms with Gasteiger partial charge in [0.15, 0.2) is 11.5 Å². The van der Waals surface area contributed by atoms with E-state index >= 15 is 0 Å². The Labute approximate surface area is 226 Å². The molecule has 2 aromatic rings. The molecule has 0 aromatic heterocycles. The van der Waals surface area contributed by atoms with Crippen LogP contribution in [-0.2, 0) is 15.6 Å². The number of nitrogens with zero attached hydrogens (tertiary/aromatic N) is 2. The summed E-state index contributed by atoms with van der Waals surface area (Å²) < 4.78 is 2.28. The van der Waals surface area contributed by atoms with Crippen LogP contribution in [-0.4, -0.2) is 47.0 Å². The zero-order chi connectivity index (χ0) is 27.2. The molecule has 38 heavy (non-hydrogen) atoms. The summed E-state index contributed by atoms with van der Waals surface area (Å²) in [5.74, 6) is -0.704. The number of fused-ring (bicyclic) bond motifs is 2. The third-order valence-corrected chi connectivity index (χ3v) is 8.80. The maximum absolute atomic E-state index is 13.6. The SMILES string of the molecule is CCN1C(=CC2C(=O)C(=CC3=[N+](CCCCCO)c4ccccc4C3(C)C)C2[O-])C(C)(C)c2ccccc21. The first-order chi connectivity index (χ1) is 18.1. The van der Waals surface area contributed by atoms with E-state index in [1.165, 1.54) is 11.1 Å². The molecule has 1 N–H and O–H groups in total. The fraction of sp³-hybridized carbons (Fsp3) is 0.455. The lowest BCUT2D eigenvalue weighted by Gasteiger charge is -2.43. The number of aliphatic hydroxyl groups excluding tert-OH is 1. The van der Waals surface area contributed by atoms with Gasteiger partial charge in [-0.15, -0.1) is 0 Å². The van der Waals surface area contributed by atoms with Crippen molar-refractivity contribution in [3.63, 3.8) is 0 Å². The zero-order valence-electron chi connectivity index (χ0n) is 23.3. The number of hydrogen-bond donors (Lipinski definition) is 1. The van der Waals surface area contributed by atoms with E-state index in [1.54, 1.807) is 0 Å². The summed E-state index contributed by atoms with van der Waals surface area (Å²) in [5, 5.41) is 22.8. The number of para-hydroxylation sites is 2. The first-order valence-corrected chi connectivity index (χ1v) is 14.0. The predicted molar refractivity (Wildman–Crippen MR) is 151 cm³/mol. The number of anilines is 1. The van der Waals surface area contributed by atoms with Crippen molar-refractivity contribution < 1.29 is 19.6 Å². The third kappa shape index (κ3) is 4.07. The zero-order valence-corrected chi connectivity index (χ0v) is 23.3. The van der Waals surface area contributed by atoms with Gasteiger partial charge in [0, 0.05) is 60.0 Å². The lowest BCUT2D eigenvalue weighted by Crippen LogP contribution is -2.53. The monoisotopic (exact) mass is 512 g/mol. The van der Waals surface area contributed by atoms with Gasteiger partial charge in [-0.3, -0.25) is 4.79 Å². The number of likely N-dealkylation sites (N-methyl/N-ethyl adjacent to an activating group) is 1. The van der Waals surface area contributed by atoms with Crippen LogP contribution in [0.3, 0.4) is 0 Å². The Balaban J connectivity index is 1.48. The molecule has 2 atom stereocenters. The summed E-state index contributed by atoms with van der Waals surface area (Å²) >= 11 is 0. The number of Topliss-reactive ketones (excluding diaryl/α,β-unsaturated/α-hetero) is 1. The predicted octanol–water partition coefficient (Wildman–Crippen LogP) is 4.78. The third-order valence-electron chi connectivity index (χ3n) is 8.80.